The number of hydrogen-bond donors (Lipinski definition) is 2. The summed E-state index contributed by atoms with van der Waals surface area (Å²) in [5, 5.41) is 0. The molecule has 112 valence electrons. The van der Waals surface area contributed by atoms with Crippen LogP contribution in [0.5, 0.6) is 0 Å². The third-order valence-electron chi connectivity index (χ3n) is 3.93. The first-order valence-electron chi connectivity index (χ1n) is 6.74. The van der Waals surface area contributed by atoms with Gasteiger partial charge in [0.25, 0.3) is 0 Å². The average molecular weight is 314 g/mol. The minimum absolute atomic E-state index is 0.0123. The van der Waals surface area contributed by atoms with Crippen LogP contribution < -0.4 is 10.5 Å². The van der Waals surface area contributed by atoms with E-state index in [0.717, 1.165) is 29.7 Å². The van der Waals surface area contributed by atoms with Gasteiger partial charge in [-0.1, -0.05) is 0 Å². The van der Waals surface area contributed by atoms with E-state index in [9.17, 15) is 8.42 Å². The van der Waals surface area contributed by atoms with Crippen LogP contribution in [0.2, 0.25) is 0 Å². The summed E-state index contributed by atoms with van der Waals surface area (Å²) in [4.78, 5) is 0.254. The number of rotatable bonds is 4. The number of nitrogen functional groups attached to an aromatic ring is 1. The van der Waals surface area contributed by atoms with Gasteiger partial charge in [-0.15, -0.1) is 0 Å². The molecule has 1 unspecified atom stereocenters. The van der Waals surface area contributed by atoms with Crippen molar-refractivity contribution in [1.82, 2.24) is 4.72 Å². The number of nitrogens with two attached hydrogens (primary N) is 1. The highest BCUT2D eigenvalue weighted by Crippen LogP contribution is 2.37. The summed E-state index contributed by atoms with van der Waals surface area (Å²) < 4.78 is 27.5. The van der Waals surface area contributed by atoms with Crippen LogP contribution in [0.4, 0.5) is 5.69 Å². The van der Waals surface area contributed by atoms with E-state index in [1.165, 1.54) is 6.07 Å². The SMILES string of the molecule is Cc1cc(S(=O)(=O)NCC2(C)CCCS2)cc(N)c1C. The molecule has 3 N–H and O–H groups in total. The molecule has 0 saturated carbocycles. The lowest BCUT2D eigenvalue weighted by molar-refractivity contribution is 0.552. The predicted octanol–water partition coefficient (Wildman–Crippen LogP) is 2.45. The lowest BCUT2D eigenvalue weighted by atomic mass is 10.1. The van der Waals surface area contributed by atoms with Gasteiger partial charge in [-0.05, 0) is 62.6 Å². The van der Waals surface area contributed by atoms with E-state index < -0.39 is 10.0 Å². The zero-order valence-electron chi connectivity index (χ0n) is 12.2. The van der Waals surface area contributed by atoms with Gasteiger partial charge in [0.1, 0.15) is 0 Å². The highest BCUT2D eigenvalue weighted by molar-refractivity contribution is 8.01. The Bertz CT molecular complexity index is 583. The average Bonchev–Trinajstić information content (AvgIpc) is 2.81. The van der Waals surface area contributed by atoms with Gasteiger partial charge in [0.2, 0.25) is 10.0 Å². The molecule has 0 aliphatic carbocycles. The molecule has 1 aromatic rings. The summed E-state index contributed by atoms with van der Waals surface area (Å²) in [6, 6.07) is 3.22. The van der Waals surface area contributed by atoms with Crippen LogP contribution in [-0.2, 0) is 10.0 Å². The van der Waals surface area contributed by atoms with E-state index in [-0.39, 0.29) is 9.64 Å². The maximum absolute atomic E-state index is 12.4. The summed E-state index contributed by atoms with van der Waals surface area (Å²) in [5.74, 6) is 1.11. The molecule has 1 atom stereocenters. The molecular formula is C14H22N2O2S2. The first kappa shape index (κ1) is 15.7. The molecule has 1 aliphatic heterocycles. The van der Waals surface area contributed by atoms with Crippen LogP contribution in [0, 0.1) is 13.8 Å². The largest absolute Gasteiger partial charge is 0.398 e. The summed E-state index contributed by atoms with van der Waals surface area (Å²) in [7, 11) is -3.49. The molecule has 0 amide bonds. The minimum atomic E-state index is -3.49. The zero-order chi connectivity index (χ0) is 15.0. The maximum Gasteiger partial charge on any atom is 0.240 e. The predicted molar refractivity (Wildman–Crippen MR) is 85.6 cm³/mol. The second kappa shape index (κ2) is 5.58. The van der Waals surface area contributed by atoms with Crippen molar-refractivity contribution in [2.75, 3.05) is 18.0 Å². The maximum atomic E-state index is 12.4. The number of aryl methyl sites for hydroxylation is 1. The third-order valence-corrected chi connectivity index (χ3v) is 6.85. The fourth-order valence-electron chi connectivity index (χ4n) is 2.31. The molecule has 2 rings (SSSR count). The van der Waals surface area contributed by atoms with Gasteiger partial charge >= 0.3 is 0 Å². The molecule has 4 nitrogen and oxygen atoms in total. The van der Waals surface area contributed by atoms with Crippen molar-refractivity contribution in [3.05, 3.63) is 23.3 Å². The lowest BCUT2D eigenvalue weighted by Gasteiger charge is -2.23. The van der Waals surface area contributed by atoms with Gasteiger partial charge in [0.05, 0.1) is 4.90 Å². The van der Waals surface area contributed by atoms with Crippen molar-refractivity contribution in [3.63, 3.8) is 0 Å². The Hall–Kier alpha value is -0.720. The fraction of sp³-hybridized carbons (Fsp3) is 0.571. The van der Waals surface area contributed by atoms with Crippen LogP contribution in [-0.4, -0.2) is 25.5 Å². The van der Waals surface area contributed by atoms with Crippen molar-refractivity contribution in [3.8, 4) is 0 Å². The van der Waals surface area contributed by atoms with Crippen molar-refractivity contribution in [2.45, 2.75) is 43.3 Å². The summed E-state index contributed by atoms with van der Waals surface area (Å²) in [6.45, 7) is 6.35. The standard InChI is InChI=1S/C14H22N2O2S2/c1-10-7-12(8-13(15)11(10)2)20(17,18)16-9-14(3)5-4-6-19-14/h7-8,16H,4-6,9,15H2,1-3H3. The quantitative estimate of drug-likeness (QED) is 0.837. The van der Waals surface area contributed by atoms with Gasteiger partial charge in [-0.2, -0.15) is 11.8 Å². The smallest absolute Gasteiger partial charge is 0.240 e. The summed E-state index contributed by atoms with van der Waals surface area (Å²) >= 11 is 1.84. The molecule has 1 aliphatic rings. The molecule has 6 heteroatoms. The molecule has 0 spiro atoms. The second-order valence-electron chi connectivity index (χ2n) is 5.68. The number of sulfonamides is 1. The third kappa shape index (κ3) is 3.30. The van der Waals surface area contributed by atoms with Gasteiger partial charge in [-0.3, -0.25) is 0 Å². The Morgan fingerprint density at radius 3 is 2.65 bits per heavy atom. The zero-order valence-corrected chi connectivity index (χ0v) is 13.8. The first-order chi connectivity index (χ1) is 9.23. The lowest BCUT2D eigenvalue weighted by Crippen LogP contribution is -2.36. The number of anilines is 1. The van der Waals surface area contributed by atoms with Crippen LogP contribution in [0.3, 0.4) is 0 Å². The highest BCUT2D eigenvalue weighted by Gasteiger charge is 2.31. The summed E-state index contributed by atoms with van der Waals surface area (Å²) in [5.41, 5.74) is 8.21. The van der Waals surface area contributed by atoms with E-state index in [1.54, 1.807) is 6.07 Å². The first-order valence-corrected chi connectivity index (χ1v) is 9.21. The molecular weight excluding hydrogens is 292 g/mol. The van der Waals surface area contributed by atoms with Gasteiger partial charge < -0.3 is 5.73 Å². The van der Waals surface area contributed by atoms with Crippen molar-refractivity contribution >= 4 is 27.5 Å². The Balaban J connectivity index is 2.18. The molecule has 20 heavy (non-hydrogen) atoms. The monoisotopic (exact) mass is 314 g/mol. The van der Waals surface area contributed by atoms with E-state index in [4.69, 9.17) is 5.73 Å². The van der Waals surface area contributed by atoms with Crippen LogP contribution in [0.1, 0.15) is 30.9 Å². The number of benzene rings is 1. The molecule has 0 aromatic heterocycles. The Labute approximate surface area is 125 Å². The summed E-state index contributed by atoms with van der Waals surface area (Å²) in [6.07, 6.45) is 2.20. The van der Waals surface area contributed by atoms with Crippen molar-refractivity contribution in [1.29, 1.82) is 0 Å². The van der Waals surface area contributed by atoms with Crippen LogP contribution >= 0.6 is 11.8 Å². The van der Waals surface area contributed by atoms with Gasteiger partial charge in [-0.25, -0.2) is 13.1 Å². The normalized spacial score (nSPS) is 23.1. The number of nitrogens with one attached hydrogen (secondary N) is 1. The topological polar surface area (TPSA) is 72.2 Å². The van der Waals surface area contributed by atoms with Crippen molar-refractivity contribution in [2.24, 2.45) is 0 Å². The van der Waals surface area contributed by atoms with Gasteiger partial charge in [0, 0.05) is 17.0 Å². The Kier molecular flexibility index (Phi) is 4.37. The van der Waals surface area contributed by atoms with Gasteiger partial charge in [0.15, 0.2) is 0 Å². The Morgan fingerprint density at radius 1 is 1.40 bits per heavy atom. The molecule has 1 fully saturated rings. The van der Waals surface area contributed by atoms with Crippen LogP contribution in [0.25, 0.3) is 0 Å². The highest BCUT2D eigenvalue weighted by atomic mass is 32.2. The number of thioether (sulfide) groups is 1. The minimum Gasteiger partial charge on any atom is -0.398 e. The molecule has 1 aromatic carbocycles. The Morgan fingerprint density at radius 2 is 2.10 bits per heavy atom. The van der Waals surface area contributed by atoms with E-state index in [2.05, 4.69) is 11.6 Å². The van der Waals surface area contributed by atoms with E-state index in [0.29, 0.717) is 12.2 Å². The molecule has 0 radical (unpaired) electrons. The molecule has 0 bridgehead atoms. The van der Waals surface area contributed by atoms with Crippen LogP contribution in [0.15, 0.2) is 17.0 Å². The fourth-order valence-corrected chi connectivity index (χ4v) is 4.94. The molecule has 1 heterocycles. The van der Waals surface area contributed by atoms with E-state index in [1.807, 2.05) is 25.6 Å². The number of hydrogen-bond acceptors (Lipinski definition) is 4. The van der Waals surface area contributed by atoms with Crippen molar-refractivity contribution < 1.29 is 8.42 Å². The second-order valence-corrected chi connectivity index (χ2v) is 9.13. The molecule has 1 saturated heterocycles. The van der Waals surface area contributed by atoms with E-state index >= 15 is 0 Å².